The Hall–Kier alpha value is -0.610. The standard InChI is InChI=1S/C15H31N3O/c1-4-18(10-6-9-17(2)3)15(19)12-13-7-5-8-14(16)11-13/h13-14H,4-12,16H2,1-3H3. The summed E-state index contributed by atoms with van der Waals surface area (Å²) in [4.78, 5) is 16.5. The van der Waals surface area contributed by atoms with Gasteiger partial charge in [0.1, 0.15) is 0 Å². The van der Waals surface area contributed by atoms with E-state index in [0.29, 0.717) is 24.3 Å². The lowest BCUT2D eigenvalue weighted by Gasteiger charge is -2.29. The summed E-state index contributed by atoms with van der Waals surface area (Å²) in [5.41, 5.74) is 5.99. The maximum absolute atomic E-state index is 12.3. The molecule has 0 aromatic heterocycles. The number of hydrogen-bond acceptors (Lipinski definition) is 3. The first-order chi connectivity index (χ1) is 9.02. The summed E-state index contributed by atoms with van der Waals surface area (Å²) in [6, 6.07) is 0.315. The van der Waals surface area contributed by atoms with E-state index in [1.54, 1.807) is 0 Å². The minimum atomic E-state index is 0.315. The molecule has 0 bridgehead atoms. The van der Waals surface area contributed by atoms with Gasteiger partial charge in [0.15, 0.2) is 0 Å². The van der Waals surface area contributed by atoms with E-state index in [1.807, 2.05) is 4.90 Å². The van der Waals surface area contributed by atoms with Crippen LogP contribution in [0.1, 0.15) is 45.4 Å². The second kappa shape index (κ2) is 8.54. The van der Waals surface area contributed by atoms with Gasteiger partial charge in [-0.15, -0.1) is 0 Å². The van der Waals surface area contributed by atoms with Gasteiger partial charge in [-0.2, -0.15) is 0 Å². The molecule has 0 aliphatic heterocycles. The van der Waals surface area contributed by atoms with E-state index in [9.17, 15) is 4.79 Å². The topological polar surface area (TPSA) is 49.6 Å². The number of nitrogens with two attached hydrogens (primary N) is 1. The van der Waals surface area contributed by atoms with Crippen molar-refractivity contribution in [2.75, 3.05) is 33.7 Å². The minimum Gasteiger partial charge on any atom is -0.343 e. The van der Waals surface area contributed by atoms with Gasteiger partial charge in [0.25, 0.3) is 0 Å². The third-order valence-electron chi connectivity index (χ3n) is 4.05. The van der Waals surface area contributed by atoms with Gasteiger partial charge in [-0.1, -0.05) is 6.42 Å². The zero-order valence-electron chi connectivity index (χ0n) is 12.9. The van der Waals surface area contributed by atoms with Gasteiger partial charge in [-0.3, -0.25) is 4.79 Å². The van der Waals surface area contributed by atoms with E-state index in [4.69, 9.17) is 5.73 Å². The van der Waals surface area contributed by atoms with Crippen LogP contribution in [-0.4, -0.2) is 55.5 Å². The van der Waals surface area contributed by atoms with E-state index >= 15 is 0 Å². The minimum absolute atomic E-state index is 0.315. The number of carbonyl (C=O) groups excluding carboxylic acids is 1. The second-order valence-corrected chi connectivity index (χ2v) is 6.13. The van der Waals surface area contributed by atoms with Crippen LogP contribution in [-0.2, 0) is 4.79 Å². The van der Waals surface area contributed by atoms with E-state index in [2.05, 4.69) is 25.9 Å². The van der Waals surface area contributed by atoms with Gasteiger partial charge in [0.05, 0.1) is 0 Å². The number of nitrogens with zero attached hydrogens (tertiary/aromatic N) is 2. The number of carbonyl (C=O) groups is 1. The van der Waals surface area contributed by atoms with Crippen LogP contribution in [0.3, 0.4) is 0 Å². The van der Waals surface area contributed by atoms with Crippen LogP contribution in [0.4, 0.5) is 0 Å². The van der Waals surface area contributed by atoms with E-state index in [-0.39, 0.29) is 0 Å². The molecule has 4 nitrogen and oxygen atoms in total. The Morgan fingerprint density at radius 1 is 1.26 bits per heavy atom. The molecular formula is C15H31N3O. The maximum atomic E-state index is 12.3. The Labute approximate surface area is 118 Å². The summed E-state index contributed by atoms with van der Waals surface area (Å²) in [7, 11) is 4.14. The third-order valence-corrected chi connectivity index (χ3v) is 4.05. The van der Waals surface area contributed by atoms with Crippen molar-refractivity contribution >= 4 is 5.91 Å². The Morgan fingerprint density at radius 2 is 2.00 bits per heavy atom. The monoisotopic (exact) mass is 269 g/mol. The average molecular weight is 269 g/mol. The van der Waals surface area contributed by atoms with Crippen LogP contribution in [0.25, 0.3) is 0 Å². The summed E-state index contributed by atoms with van der Waals surface area (Å²) >= 11 is 0. The predicted molar refractivity (Wildman–Crippen MR) is 80.0 cm³/mol. The SMILES string of the molecule is CCN(CCCN(C)C)C(=O)CC1CCCC(N)C1. The van der Waals surface area contributed by atoms with Gasteiger partial charge in [0, 0.05) is 25.6 Å². The Kier molecular flexibility index (Phi) is 7.39. The molecule has 1 aliphatic carbocycles. The number of hydrogen-bond donors (Lipinski definition) is 1. The summed E-state index contributed by atoms with van der Waals surface area (Å²) in [6.07, 6.45) is 6.27. The molecule has 1 fully saturated rings. The molecule has 4 heteroatoms. The lowest BCUT2D eigenvalue weighted by molar-refractivity contribution is -0.132. The molecule has 112 valence electrons. The van der Waals surface area contributed by atoms with Gasteiger partial charge in [-0.25, -0.2) is 0 Å². The van der Waals surface area contributed by atoms with Gasteiger partial charge >= 0.3 is 0 Å². The molecule has 19 heavy (non-hydrogen) atoms. The fraction of sp³-hybridized carbons (Fsp3) is 0.933. The van der Waals surface area contributed by atoms with Crippen molar-refractivity contribution in [2.45, 2.75) is 51.5 Å². The molecule has 2 atom stereocenters. The molecule has 0 spiro atoms. The van der Waals surface area contributed by atoms with Crippen molar-refractivity contribution in [1.82, 2.24) is 9.80 Å². The Morgan fingerprint density at radius 3 is 2.58 bits per heavy atom. The van der Waals surface area contributed by atoms with Crippen molar-refractivity contribution in [2.24, 2.45) is 11.7 Å². The van der Waals surface area contributed by atoms with Gasteiger partial charge in [0.2, 0.25) is 5.91 Å². The zero-order chi connectivity index (χ0) is 14.3. The van der Waals surface area contributed by atoms with E-state index < -0.39 is 0 Å². The molecule has 0 aromatic carbocycles. The fourth-order valence-electron chi connectivity index (χ4n) is 2.93. The zero-order valence-corrected chi connectivity index (χ0v) is 12.9. The summed E-state index contributed by atoms with van der Waals surface area (Å²) in [5, 5.41) is 0. The Bertz CT molecular complexity index is 268. The van der Waals surface area contributed by atoms with Crippen LogP contribution in [0.15, 0.2) is 0 Å². The normalized spacial score (nSPS) is 23.6. The molecule has 0 heterocycles. The average Bonchev–Trinajstić information content (AvgIpc) is 2.34. The van der Waals surface area contributed by atoms with E-state index in [1.165, 1.54) is 12.8 Å². The van der Waals surface area contributed by atoms with Crippen molar-refractivity contribution in [3.05, 3.63) is 0 Å². The van der Waals surface area contributed by atoms with Crippen LogP contribution in [0, 0.1) is 5.92 Å². The quantitative estimate of drug-likeness (QED) is 0.765. The molecule has 1 rings (SSSR count). The highest BCUT2D eigenvalue weighted by molar-refractivity contribution is 5.76. The second-order valence-electron chi connectivity index (χ2n) is 6.13. The predicted octanol–water partition coefficient (Wildman–Crippen LogP) is 1.69. The molecular weight excluding hydrogens is 238 g/mol. The van der Waals surface area contributed by atoms with Gasteiger partial charge in [-0.05, 0) is 59.2 Å². The van der Waals surface area contributed by atoms with Crippen LogP contribution in [0.5, 0.6) is 0 Å². The van der Waals surface area contributed by atoms with Crippen LogP contribution in [0.2, 0.25) is 0 Å². The van der Waals surface area contributed by atoms with Crippen molar-refractivity contribution in [3.63, 3.8) is 0 Å². The largest absolute Gasteiger partial charge is 0.343 e. The molecule has 0 radical (unpaired) electrons. The first-order valence-corrected chi connectivity index (χ1v) is 7.71. The molecule has 1 aliphatic rings. The fourth-order valence-corrected chi connectivity index (χ4v) is 2.93. The first-order valence-electron chi connectivity index (χ1n) is 7.71. The highest BCUT2D eigenvalue weighted by Crippen LogP contribution is 2.26. The lowest BCUT2D eigenvalue weighted by Crippen LogP contribution is -2.36. The highest BCUT2D eigenvalue weighted by atomic mass is 16.2. The molecule has 0 saturated heterocycles. The summed E-state index contributed by atoms with van der Waals surface area (Å²) in [5.74, 6) is 0.833. The Balaban J connectivity index is 2.32. The molecule has 2 unspecified atom stereocenters. The summed E-state index contributed by atoms with van der Waals surface area (Å²) in [6.45, 7) is 4.82. The van der Waals surface area contributed by atoms with Crippen LogP contribution < -0.4 is 5.73 Å². The van der Waals surface area contributed by atoms with Crippen molar-refractivity contribution < 1.29 is 4.79 Å². The molecule has 2 N–H and O–H groups in total. The summed E-state index contributed by atoms with van der Waals surface area (Å²) < 4.78 is 0. The highest BCUT2D eigenvalue weighted by Gasteiger charge is 2.23. The molecule has 1 saturated carbocycles. The van der Waals surface area contributed by atoms with Gasteiger partial charge < -0.3 is 15.5 Å². The van der Waals surface area contributed by atoms with Crippen molar-refractivity contribution in [3.8, 4) is 0 Å². The number of rotatable bonds is 7. The smallest absolute Gasteiger partial charge is 0.222 e. The third kappa shape index (κ3) is 6.39. The van der Waals surface area contributed by atoms with Crippen LogP contribution >= 0.6 is 0 Å². The number of amides is 1. The molecule has 0 aromatic rings. The van der Waals surface area contributed by atoms with E-state index in [0.717, 1.165) is 38.9 Å². The maximum Gasteiger partial charge on any atom is 0.222 e. The first kappa shape index (κ1) is 16.4. The lowest BCUT2D eigenvalue weighted by atomic mass is 9.84. The molecule has 1 amide bonds. The van der Waals surface area contributed by atoms with Crippen molar-refractivity contribution in [1.29, 1.82) is 0 Å².